The monoisotopic (exact) mass is 529 g/mol. The number of nitrogens with zero attached hydrogens (tertiary/aromatic N) is 5. The van der Waals surface area contributed by atoms with Gasteiger partial charge in [0.05, 0.1) is 24.2 Å². The summed E-state index contributed by atoms with van der Waals surface area (Å²) in [6.45, 7) is 4.02. The number of hydrogen-bond donors (Lipinski definition) is 0. The van der Waals surface area contributed by atoms with Crippen LogP contribution in [0.5, 0.6) is 5.75 Å². The van der Waals surface area contributed by atoms with Gasteiger partial charge in [-0.1, -0.05) is 30.7 Å². The maximum Gasteiger partial charge on any atom is 0.316 e. The molecular formula is C25H28ClN5O4S. The molecule has 2 aromatic heterocycles. The predicted octanol–water partition coefficient (Wildman–Crippen LogP) is 3.11. The van der Waals surface area contributed by atoms with Crippen LogP contribution in [0, 0.1) is 5.41 Å². The quantitative estimate of drug-likeness (QED) is 0.442. The van der Waals surface area contributed by atoms with E-state index >= 15 is 0 Å². The average molecular weight is 530 g/mol. The van der Waals surface area contributed by atoms with Crippen LogP contribution in [0.3, 0.4) is 0 Å². The van der Waals surface area contributed by atoms with E-state index in [1.54, 1.807) is 55.0 Å². The molecule has 0 amide bonds. The summed E-state index contributed by atoms with van der Waals surface area (Å²) in [7, 11) is -3.49. The lowest BCUT2D eigenvalue weighted by Crippen LogP contribution is -2.49. The maximum absolute atomic E-state index is 13.5. The van der Waals surface area contributed by atoms with E-state index in [4.69, 9.17) is 16.3 Å². The summed E-state index contributed by atoms with van der Waals surface area (Å²) in [5.41, 5.74) is 1.48. The van der Waals surface area contributed by atoms with Crippen LogP contribution in [0.2, 0.25) is 5.02 Å². The van der Waals surface area contributed by atoms with Crippen LogP contribution < -0.4 is 15.2 Å². The number of anilines is 1. The van der Waals surface area contributed by atoms with Gasteiger partial charge in [-0.3, -0.25) is 9.78 Å². The molecule has 9 nitrogen and oxygen atoms in total. The number of aromatic nitrogens is 3. The lowest BCUT2D eigenvalue weighted by Gasteiger charge is -2.35. The number of rotatable bonds is 8. The minimum atomic E-state index is -3.49. The summed E-state index contributed by atoms with van der Waals surface area (Å²) < 4.78 is 34.8. The topological polar surface area (TPSA) is 97.6 Å². The Morgan fingerprint density at radius 2 is 1.86 bits per heavy atom. The highest BCUT2D eigenvalue weighted by Gasteiger charge is 2.39. The van der Waals surface area contributed by atoms with Crippen LogP contribution in [-0.4, -0.2) is 60.3 Å². The molecule has 0 bridgehead atoms. The Balaban J connectivity index is 1.38. The molecule has 0 N–H and O–H groups in total. The van der Waals surface area contributed by atoms with Crippen LogP contribution in [-0.2, 0) is 15.8 Å². The van der Waals surface area contributed by atoms with E-state index in [2.05, 4.69) is 17.0 Å². The lowest BCUT2D eigenvalue weighted by atomic mass is 10.2. The van der Waals surface area contributed by atoms with E-state index < -0.39 is 10.0 Å². The largest absolute Gasteiger partial charge is 0.486 e. The first-order valence-corrected chi connectivity index (χ1v) is 13.9. The third kappa shape index (κ3) is 5.40. The van der Waals surface area contributed by atoms with Crippen molar-refractivity contribution in [2.24, 2.45) is 5.41 Å². The number of sulfonamides is 1. The van der Waals surface area contributed by atoms with Gasteiger partial charge in [0.15, 0.2) is 0 Å². The van der Waals surface area contributed by atoms with Crippen molar-refractivity contribution in [2.45, 2.75) is 25.5 Å². The summed E-state index contributed by atoms with van der Waals surface area (Å²) in [5, 5.41) is 4.90. The highest BCUT2D eigenvalue weighted by Crippen LogP contribution is 2.45. The van der Waals surface area contributed by atoms with Crippen LogP contribution >= 0.6 is 11.6 Å². The van der Waals surface area contributed by atoms with Gasteiger partial charge in [-0.05, 0) is 42.7 Å². The molecule has 190 valence electrons. The van der Waals surface area contributed by atoms with E-state index in [-0.39, 0.29) is 22.5 Å². The first-order valence-electron chi connectivity index (χ1n) is 11.9. The van der Waals surface area contributed by atoms with E-state index in [1.165, 1.54) is 8.99 Å². The number of benzene rings is 1. The van der Waals surface area contributed by atoms with Crippen molar-refractivity contribution in [3.63, 3.8) is 0 Å². The molecule has 0 atom stereocenters. The van der Waals surface area contributed by atoms with Crippen molar-refractivity contribution in [3.05, 3.63) is 75.9 Å². The van der Waals surface area contributed by atoms with Gasteiger partial charge in [-0.15, -0.1) is 0 Å². The number of halogens is 1. The zero-order valence-electron chi connectivity index (χ0n) is 20.0. The van der Waals surface area contributed by atoms with Crippen LogP contribution in [0.15, 0.2) is 59.8 Å². The summed E-state index contributed by atoms with van der Waals surface area (Å²) in [6.07, 6.45) is 6.92. The van der Waals surface area contributed by atoms with E-state index in [0.717, 1.165) is 12.8 Å². The van der Waals surface area contributed by atoms with Gasteiger partial charge in [0, 0.05) is 49.0 Å². The zero-order valence-corrected chi connectivity index (χ0v) is 21.6. The lowest BCUT2D eigenvalue weighted by molar-refractivity contribution is 0.242. The number of pyridine rings is 1. The molecule has 0 spiro atoms. The second-order valence-electron chi connectivity index (χ2n) is 9.66. The van der Waals surface area contributed by atoms with E-state index in [0.29, 0.717) is 54.7 Å². The van der Waals surface area contributed by atoms with Crippen LogP contribution in [0.1, 0.15) is 25.3 Å². The van der Waals surface area contributed by atoms with Crippen molar-refractivity contribution < 1.29 is 13.2 Å². The van der Waals surface area contributed by atoms with Gasteiger partial charge in [0.1, 0.15) is 5.69 Å². The smallest absolute Gasteiger partial charge is 0.316 e. The molecule has 36 heavy (non-hydrogen) atoms. The fourth-order valence-electron chi connectivity index (χ4n) is 4.18. The molecule has 2 aliphatic rings. The molecule has 11 heteroatoms. The molecular weight excluding hydrogens is 502 g/mol. The Morgan fingerprint density at radius 3 is 2.53 bits per heavy atom. The summed E-state index contributed by atoms with van der Waals surface area (Å²) in [6, 6.07) is 10.4. The van der Waals surface area contributed by atoms with E-state index in [9.17, 15) is 13.2 Å². The standard InChI is InChI=1S/C25H28ClN5O4S/c1-25(7-8-25)18-35-23-22(16-28-31(24(23)32)21-6-2-5-20(26)14-21)29-10-12-30(13-11-29)36(33,34)17-19-4-3-9-27-15-19/h2-6,9,14-16H,7-8,10-13,17-18H2,1H3. The maximum atomic E-state index is 13.5. The molecule has 3 aromatic rings. The predicted molar refractivity (Wildman–Crippen MR) is 138 cm³/mol. The van der Waals surface area contributed by atoms with Gasteiger partial charge < -0.3 is 9.64 Å². The molecule has 1 aliphatic carbocycles. The third-order valence-corrected chi connectivity index (χ3v) is 8.77. The second-order valence-corrected chi connectivity index (χ2v) is 12.1. The molecule has 1 saturated carbocycles. The van der Waals surface area contributed by atoms with Crippen molar-refractivity contribution in [2.75, 3.05) is 37.7 Å². The highest BCUT2D eigenvalue weighted by atomic mass is 35.5. The third-order valence-electron chi connectivity index (χ3n) is 6.68. The number of piperazine rings is 1. The van der Waals surface area contributed by atoms with Crippen molar-refractivity contribution in [3.8, 4) is 11.4 Å². The molecule has 1 saturated heterocycles. The first kappa shape index (κ1) is 24.7. The summed E-state index contributed by atoms with van der Waals surface area (Å²) in [5.74, 6) is 0.134. The van der Waals surface area contributed by atoms with Crippen molar-refractivity contribution in [1.29, 1.82) is 0 Å². The minimum Gasteiger partial charge on any atom is -0.486 e. The Labute approximate surface area is 215 Å². The first-order chi connectivity index (χ1) is 17.2. The van der Waals surface area contributed by atoms with Crippen LogP contribution in [0.4, 0.5) is 5.69 Å². The number of hydrogen-bond acceptors (Lipinski definition) is 7. The van der Waals surface area contributed by atoms with Gasteiger partial charge >= 0.3 is 5.56 Å². The minimum absolute atomic E-state index is 0.0763. The number of ether oxygens (including phenoxy) is 1. The Morgan fingerprint density at radius 1 is 1.08 bits per heavy atom. The molecule has 2 fully saturated rings. The average Bonchev–Trinajstić information content (AvgIpc) is 3.60. The molecule has 1 aromatic carbocycles. The summed E-state index contributed by atoms with van der Waals surface area (Å²) in [4.78, 5) is 19.5. The van der Waals surface area contributed by atoms with Gasteiger partial charge in [0.25, 0.3) is 0 Å². The molecule has 1 aliphatic heterocycles. The Bertz CT molecular complexity index is 1400. The van der Waals surface area contributed by atoms with Crippen molar-refractivity contribution in [1.82, 2.24) is 19.1 Å². The molecule has 5 rings (SSSR count). The molecule has 3 heterocycles. The van der Waals surface area contributed by atoms with Gasteiger partial charge in [-0.2, -0.15) is 14.1 Å². The Hall–Kier alpha value is -2.95. The van der Waals surface area contributed by atoms with Gasteiger partial charge in [0.2, 0.25) is 15.8 Å². The van der Waals surface area contributed by atoms with Gasteiger partial charge in [-0.25, -0.2) is 8.42 Å². The fourth-order valence-corrected chi connectivity index (χ4v) is 5.86. The summed E-state index contributed by atoms with van der Waals surface area (Å²) >= 11 is 6.13. The second kappa shape index (κ2) is 9.84. The molecule has 0 unspecified atom stereocenters. The van der Waals surface area contributed by atoms with Crippen molar-refractivity contribution >= 4 is 27.3 Å². The highest BCUT2D eigenvalue weighted by molar-refractivity contribution is 7.88. The SMILES string of the molecule is CC1(COc2c(N3CCN(S(=O)(=O)Cc4cccnc4)CC3)cnn(-c3cccc(Cl)c3)c2=O)CC1. The fraction of sp³-hybridized carbons (Fsp3) is 0.400. The Kier molecular flexibility index (Phi) is 6.76. The normalized spacial score (nSPS) is 17.7. The molecule has 0 radical (unpaired) electrons. The zero-order chi connectivity index (χ0) is 25.3. The van der Waals surface area contributed by atoms with Crippen LogP contribution in [0.25, 0.3) is 5.69 Å². The van der Waals surface area contributed by atoms with E-state index in [1.807, 2.05) is 4.90 Å².